The number of nitrogens with one attached hydrogen (secondary N) is 1. The molecule has 6 heteroatoms. The van der Waals surface area contributed by atoms with Crippen molar-refractivity contribution in [2.24, 2.45) is 5.10 Å². The van der Waals surface area contributed by atoms with Gasteiger partial charge >= 0.3 is 0 Å². The Hall–Kier alpha value is -1.01. The number of hydrogen-bond donors (Lipinski definition) is 1. The monoisotopic (exact) mass is 284 g/mol. The summed E-state index contributed by atoms with van der Waals surface area (Å²) in [6.07, 6.45) is 1.72. The van der Waals surface area contributed by atoms with Crippen LogP contribution in [0.25, 0.3) is 0 Å². The van der Waals surface area contributed by atoms with Crippen LogP contribution >= 0.6 is 11.8 Å². The number of benzene rings is 1. The summed E-state index contributed by atoms with van der Waals surface area (Å²) in [4.78, 5) is 2.57. The van der Waals surface area contributed by atoms with Crippen LogP contribution in [0.15, 0.2) is 34.3 Å². The predicted molar refractivity (Wildman–Crippen MR) is 75.5 cm³/mol. The number of rotatable bonds is 3. The van der Waals surface area contributed by atoms with Crippen molar-refractivity contribution in [3.63, 3.8) is 0 Å². The fourth-order valence-corrected chi connectivity index (χ4v) is 3.43. The zero-order valence-electron chi connectivity index (χ0n) is 10.2. The lowest BCUT2D eigenvalue weighted by molar-refractivity contribution is 0.584. The van der Waals surface area contributed by atoms with Crippen LogP contribution in [0.5, 0.6) is 0 Å². The van der Waals surface area contributed by atoms with Crippen LogP contribution in [0.1, 0.15) is 18.4 Å². The minimum Gasteiger partial charge on any atom is -0.200 e. The van der Waals surface area contributed by atoms with Gasteiger partial charge in [-0.2, -0.15) is 25.3 Å². The Kier molecular flexibility index (Phi) is 4.29. The Morgan fingerprint density at radius 3 is 2.39 bits per heavy atom. The summed E-state index contributed by atoms with van der Waals surface area (Å²) in [5, 5.41) is 4.02. The van der Waals surface area contributed by atoms with Crippen molar-refractivity contribution in [3.8, 4) is 0 Å². The first-order valence-corrected chi connectivity index (χ1v) is 8.43. The Labute approximate surface area is 112 Å². The lowest BCUT2D eigenvalue weighted by Gasteiger charge is -2.12. The zero-order chi connectivity index (χ0) is 13.0. The molecule has 1 saturated heterocycles. The van der Waals surface area contributed by atoms with Crippen LogP contribution in [-0.4, -0.2) is 25.6 Å². The van der Waals surface area contributed by atoms with Crippen LogP contribution in [0.2, 0.25) is 0 Å². The van der Waals surface area contributed by atoms with Crippen molar-refractivity contribution in [2.75, 3.05) is 11.5 Å². The molecule has 1 aromatic carbocycles. The molecule has 0 saturated carbocycles. The van der Waals surface area contributed by atoms with Crippen molar-refractivity contribution >= 4 is 27.5 Å². The van der Waals surface area contributed by atoms with Crippen LogP contribution < -0.4 is 4.83 Å². The van der Waals surface area contributed by atoms with Gasteiger partial charge in [-0.15, -0.1) is 0 Å². The van der Waals surface area contributed by atoms with Gasteiger partial charge in [0, 0.05) is 5.71 Å². The lowest BCUT2D eigenvalue weighted by Crippen LogP contribution is -2.21. The maximum Gasteiger partial charge on any atom is 0.276 e. The molecule has 1 heterocycles. The molecular weight excluding hydrogens is 268 g/mol. The van der Waals surface area contributed by atoms with E-state index in [1.165, 1.54) is 0 Å². The molecule has 0 amide bonds. The molecule has 0 spiro atoms. The molecule has 0 aliphatic carbocycles. The van der Waals surface area contributed by atoms with Gasteiger partial charge in [-0.05, 0) is 43.4 Å². The van der Waals surface area contributed by atoms with E-state index in [1.54, 1.807) is 24.3 Å². The van der Waals surface area contributed by atoms with Crippen LogP contribution in [0.4, 0.5) is 0 Å². The topological polar surface area (TPSA) is 58.5 Å². The third kappa shape index (κ3) is 3.49. The molecule has 0 aromatic heterocycles. The molecule has 98 valence electrons. The molecule has 1 aliphatic rings. The van der Waals surface area contributed by atoms with Crippen LogP contribution in [-0.2, 0) is 10.0 Å². The summed E-state index contributed by atoms with van der Waals surface area (Å²) in [5.41, 5.74) is 1.97. The van der Waals surface area contributed by atoms with E-state index in [0.29, 0.717) is 0 Å². The average Bonchev–Trinajstić information content (AvgIpc) is 2.38. The number of sulfonamides is 1. The lowest BCUT2D eigenvalue weighted by atomic mass is 10.2. The second-order valence-electron chi connectivity index (χ2n) is 4.20. The second kappa shape index (κ2) is 5.75. The van der Waals surface area contributed by atoms with Gasteiger partial charge in [0.25, 0.3) is 10.0 Å². The summed E-state index contributed by atoms with van der Waals surface area (Å²) in [6.45, 7) is 1.92. The fraction of sp³-hybridized carbons (Fsp3) is 0.417. The smallest absolute Gasteiger partial charge is 0.200 e. The van der Waals surface area contributed by atoms with E-state index in [4.69, 9.17) is 0 Å². The molecule has 4 nitrogen and oxygen atoms in total. The van der Waals surface area contributed by atoms with Gasteiger partial charge in [0.15, 0.2) is 0 Å². The molecule has 0 radical (unpaired) electrons. The predicted octanol–water partition coefficient (Wildman–Crippen LogP) is 2.16. The first-order valence-electron chi connectivity index (χ1n) is 5.79. The van der Waals surface area contributed by atoms with Crippen LogP contribution in [0.3, 0.4) is 0 Å². The van der Waals surface area contributed by atoms with E-state index in [1.807, 2.05) is 18.7 Å². The number of aryl methyl sites for hydroxylation is 1. The molecule has 0 atom stereocenters. The van der Waals surface area contributed by atoms with E-state index >= 15 is 0 Å². The quantitative estimate of drug-likeness (QED) is 0.865. The molecule has 0 bridgehead atoms. The first kappa shape index (κ1) is 13.4. The van der Waals surface area contributed by atoms with Gasteiger partial charge in [-0.1, -0.05) is 17.7 Å². The number of nitrogens with zero attached hydrogens (tertiary/aromatic N) is 1. The Morgan fingerprint density at radius 2 is 1.78 bits per heavy atom. The first-order chi connectivity index (χ1) is 8.58. The van der Waals surface area contributed by atoms with Gasteiger partial charge in [-0.3, -0.25) is 0 Å². The van der Waals surface area contributed by atoms with Crippen LogP contribution in [0, 0.1) is 6.92 Å². The standard InChI is InChI=1S/C12H16N2O2S2/c1-10-2-4-12(5-3-10)18(15,16)14-13-11-6-8-17-9-7-11/h2-5,14H,6-9H2,1H3. The summed E-state index contributed by atoms with van der Waals surface area (Å²) in [5.74, 6) is 2.04. The fourth-order valence-electron chi connectivity index (χ4n) is 1.61. The second-order valence-corrected chi connectivity index (χ2v) is 7.08. The third-order valence-electron chi connectivity index (χ3n) is 2.73. The molecule has 1 N–H and O–H groups in total. The Balaban J connectivity index is 2.09. The van der Waals surface area contributed by atoms with Gasteiger partial charge < -0.3 is 0 Å². The van der Waals surface area contributed by atoms with E-state index in [2.05, 4.69) is 9.93 Å². The van der Waals surface area contributed by atoms with Gasteiger partial charge in [0.05, 0.1) is 4.90 Å². The van der Waals surface area contributed by atoms with Crippen molar-refractivity contribution in [1.29, 1.82) is 0 Å². The minimum absolute atomic E-state index is 0.252. The normalized spacial score (nSPS) is 16.4. The molecule has 1 aromatic rings. The van der Waals surface area contributed by atoms with Gasteiger partial charge in [0.1, 0.15) is 0 Å². The van der Waals surface area contributed by atoms with E-state index in [0.717, 1.165) is 35.6 Å². The molecule has 2 rings (SSSR count). The van der Waals surface area contributed by atoms with Crippen molar-refractivity contribution in [1.82, 2.24) is 4.83 Å². The summed E-state index contributed by atoms with van der Waals surface area (Å²) >= 11 is 1.87. The highest BCUT2D eigenvalue weighted by molar-refractivity contribution is 7.99. The van der Waals surface area contributed by atoms with Crippen molar-refractivity contribution in [3.05, 3.63) is 29.8 Å². The number of hydrazone groups is 1. The average molecular weight is 284 g/mol. The highest BCUT2D eigenvalue weighted by atomic mass is 32.2. The van der Waals surface area contributed by atoms with E-state index < -0.39 is 10.0 Å². The largest absolute Gasteiger partial charge is 0.276 e. The summed E-state index contributed by atoms with van der Waals surface area (Å²) in [7, 11) is -3.52. The molecule has 1 aliphatic heterocycles. The number of thioether (sulfide) groups is 1. The molecule has 0 unspecified atom stereocenters. The zero-order valence-corrected chi connectivity index (χ0v) is 11.9. The Bertz CT molecular complexity index is 528. The molecule has 1 fully saturated rings. The van der Waals surface area contributed by atoms with Crippen molar-refractivity contribution in [2.45, 2.75) is 24.7 Å². The third-order valence-corrected chi connectivity index (χ3v) is 4.94. The summed E-state index contributed by atoms with van der Waals surface area (Å²) in [6, 6.07) is 6.74. The van der Waals surface area contributed by atoms with E-state index in [-0.39, 0.29) is 4.90 Å². The minimum atomic E-state index is -3.52. The molecule has 18 heavy (non-hydrogen) atoms. The van der Waals surface area contributed by atoms with E-state index in [9.17, 15) is 8.42 Å². The van der Waals surface area contributed by atoms with Crippen molar-refractivity contribution < 1.29 is 8.42 Å². The van der Waals surface area contributed by atoms with Gasteiger partial charge in [0.2, 0.25) is 0 Å². The SMILES string of the molecule is Cc1ccc(S(=O)(=O)NN=C2CCSCC2)cc1. The maximum absolute atomic E-state index is 12.0. The maximum atomic E-state index is 12.0. The summed E-state index contributed by atoms with van der Waals surface area (Å²) < 4.78 is 23.9. The highest BCUT2D eigenvalue weighted by Crippen LogP contribution is 2.15. The Morgan fingerprint density at radius 1 is 1.17 bits per heavy atom. The highest BCUT2D eigenvalue weighted by Gasteiger charge is 2.13. The molecular formula is C12H16N2O2S2. The number of hydrogen-bond acceptors (Lipinski definition) is 4. The van der Waals surface area contributed by atoms with Gasteiger partial charge in [-0.25, -0.2) is 4.83 Å².